The molecule has 0 bridgehead atoms. The Bertz CT molecular complexity index is 690. The van der Waals surface area contributed by atoms with Crippen LogP contribution in [0, 0.1) is 0 Å². The first-order chi connectivity index (χ1) is 11.1. The largest absolute Gasteiger partial charge is 0.496 e. The highest BCUT2D eigenvalue weighted by Gasteiger charge is 2.35. The van der Waals surface area contributed by atoms with Crippen molar-refractivity contribution < 1.29 is 4.74 Å². The molecule has 1 N–H and O–H groups in total. The van der Waals surface area contributed by atoms with Crippen LogP contribution in [-0.4, -0.2) is 25.5 Å². The molecule has 0 radical (unpaired) electrons. The van der Waals surface area contributed by atoms with E-state index in [9.17, 15) is 0 Å². The summed E-state index contributed by atoms with van der Waals surface area (Å²) < 4.78 is 1.75. The number of nitrogens with zero attached hydrogens (tertiary/aromatic N) is 2. The molecule has 24 heavy (non-hydrogen) atoms. The van der Waals surface area contributed by atoms with Gasteiger partial charge in [-0.3, -0.25) is 5.43 Å². The average molecular weight is 450 g/mol. The van der Waals surface area contributed by atoms with E-state index in [1.807, 2.05) is 24.3 Å². The monoisotopic (exact) mass is 447 g/mol. The van der Waals surface area contributed by atoms with Crippen molar-refractivity contribution in [3.8, 4) is 5.75 Å². The van der Waals surface area contributed by atoms with E-state index in [1.54, 1.807) is 19.4 Å². The van der Waals surface area contributed by atoms with Crippen molar-refractivity contribution in [3.05, 3.63) is 47.8 Å². The van der Waals surface area contributed by atoms with Crippen LogP contribution in [-0.2, 0) is 0 Å². The summed E-state index contributed by atoms with van der Waals surface area (Å²) in [7, 11) is 1.58. The minimum Gasteiger partial charge on any atom is -0.496 e. The van der Waals surface area contributed by atoms with Crippen molar-refractivity contribution in [3.63, 3.8) is 0 Å². The van der Waals surface area contributed by atoms with Crippen molar-refractivity contribution >= 4 is 81.4 Å². The number of benzene rings is 1. The number of rotatable bonds is 3. The fraction of sp³-hybridized carbons (Fsp3) is 0.214. The predicted octanol–water partition coefficient (Wildman–Crippen LogP) is 5.47. The molecule has 0 aliphatic carbocycles. The Morgan fingerprint density at radius 1 is 1.08 bits per heavy atom. The molecule has 4 nitrogen and oxygen atoms in total. The van der Waals surface area contributed by atoms with Gasteiger partial charge in [0.1, 0.15) is 11.5 Å². The van der Waals surface area contributed by atoms with Crippen LogP contribution in [0.2, 0.25) is 0 Å². The molecule has 0 atom stereocenters. The summed E-state index contributed by atoms with van der Waals surface area (Å²) in [6.07, 6.45) is 4.69. The molecular formula is C14H11Cl6N3O. The summed E-state index contributed by atoms with van der Waals surface area (Å²) in [6.45, 7) is 0. The normalized spacial score (nSPS) is 15.9. The number of hydrogen-bond donors (Lipinski definition) is 1. The van der Waals surface area contributed by atoms with Crippen LogP contribution >= 0.6 is 69.6 Å². The summed E-state index contributed by atoms with van der Waals surface area (Å²) in [5.74, 6) is 0.688. The van der Waals surface area contributed by atoms with Crippen LogP contribution in [0.3, 0.4) is 0 Å². The number of methoxy groups -OCH3 is 1. The van der Waals surface area contributed by atoms with Gasteiger partial charge in [-0.05, 0) is 18.2 Å². The van der Waals surface area contributed by atoms with Gasteiger partial charge in [-0.1, -0.05) is 87.8 Å². The van der Waals surface area contributed by atoms with Crippen LogP contribution in [0.4, 0.5) is 0 Å². The lowest BCUT2D eigenvalue weighted by Crippen LogP contribution is -2.40. The maximum absolute atomic E-state index is 5.90. The Kier molecular flexibility index (Phi) is 6.46. The molecule has 0 amide bonds. The second-order valence-corrected chi connectivity index (χ2v) is 9.12. The van der Waals surface area contributed by atoms with Gasteiger partial charge >= 0.3 is 0 Å². The van der Waals surface area contributed by atoms with Gasteiger partial charge in [-0.25, -0.2) is 0 Å². The number of hydrazone groups is 1. The second-order valence-electron chi connectivity index (χ2n) is 4.55. The lowest BCUT2D eigenvalue weighted by molar-refractivity contribution is 0.313. The zero-order valence-corrected chi connectivity index (χ0v) is 16.6. The van der Waals surface area contributed by atoms with Gasteiger partial charge in [-0.15, -0.1) is 0 Å². The van der Waals surface area contributed by atoms with E-state index in [1.165, 1.54) is 11.2 Å². The molecule has 2 rings (SSSR count). The van der Waals surface area contributed by atoms with Crippen LogP contribution in [0.1, 0.15) is 5.56 Å². The van der Waals surface area contributed by atoms with Crippen molar-refractivity contribution in [1.82, 2.24) is 10.5 Å². The van der Waals surface area contributed by atoms with Crippen molar-refractivity contribution in [2.45, 2.75) is 7.59 Å². The van der Waals surface area contributed by atoms with E-state index in [0.717, 1.165) is 5.56 Å². The Morgan fingerprint density at radius 3 is 2.33 bits per heavy atom. The van der Waals surface area contributed by atoms with Crippen LogP contribution < -0.4 is 10.2 Å². The van der Waals surface area contributed by atoms with E-state index < -0.39 is 7.59 Å². The minimum atomic E-state index is -1.78. The summed E-state index contributed by atoms with van der Waals surface area (Å²) >= 11 is 35.4. The predicted molar refractivity (Wildman–Crippen MR) is 103 cm³/mol. The van der Waals surface area contributed by atoms with Crippen LogP contribution in [0.15, 0.2) is 47.3 Å². The van der Waals surface area contributed by atoms with Crippen LogP contribution in [0.5, 0.6) is 5.75 Å². The lowest BCUT2D eigenvalue weighted by atomic mass is 10.2. The van der Waals surface area contributed by atoms with E-state index in [4.69, 9.17) is 74.3 Å². The van der Waals surface area contributed by atoms with Gasteiger partial charge in [-0.2, -0.15) is 10.2 Å². The van der Waals surface area contributed by atoms with Gasteiger partial charge in [0.2, 0.25) is 7.59 Å². The molecule has 1 aromatic rings. The van der Waals surface area contributed by atoms with Crippen LogP contribution in [0.25, 0.3) is 6.08 Å². The number of allylic oxidation sites excluding steroid dienone is 2. The Balaban J connectivity index is 2.32. The Morgan fingerprint density at radius 2 is 1.75 bits per heavy atom. The summed E-state index contributed by atoms with van der Waals surface area (Å²) in [6, 6.07) is 7.42. The minimum absolute atomic E-state index is 0.0947. The van der Waals surface area contributed by atoms with Gasteiger partial charge < -0.3 is 4.74 Å². The van der Waals surface area contributed by atoms with Gasteiger partial charge in [0.25, 0.3) is 0 Å². The molecule has 130 valence electrons. The topological polar surface area (TPSA) is 36.9 Å². The molecule has 0 unspecified atom stereocenters. The third kappa shape index (κ3) is 5.25. The number of hydrogen-bond acceptors (Lipinski definition) is 4. The summed E-state index contributed by atoms with van der Waals surface area (Å²) in [5, 5.41) is 5.43. The molecule has 10 heteroatoms. The maximum atomic E-state index is 5.90. The first kappa shape index (κ1) is 19.8. The molecule has 1 heterocycles. The van der Waals surface area contributed by atoms with E-state index >= 15 is 0 Å². The van der Waals surface area contributed by atoms with E-state index in [-0.39, 0.29) is 11.4 Å². The van der Waals surface area contributed by atoms with Gasteiger partial charge in [0.05, 0.1) is 12.8 Å². The highest BCUT2D eigenvalue weighted by Crippen LogP contribution is 2.37. The third-order valence-electron chi connectivity index (χ3n) is 2.86. The number of alkyl halides is 6. The fourth-order valence-electron chi connectivity index (χ4n) is 1.77. The number of halogens is 6. The number of ether oxygens (including phenoxy) is 1. The highest BCUT2D eigenvalue weighted by atomic mass is 35.6. The average Bonchev–Trinajstić information content (AvgIpc) is 2.51. The van der Waals surface area contributed by atoms with E-state index in [2.05, 4.69) is 10.5 Å². The second kappa shape index (κ2) is 7.81. The standard InChI is InChI=1S/C14H11Cl6N3O/c1-24-10-5-3-2-4-9(10)6-7-23-21-11(13(15,16)17)8-12(22-23)14(18,19)20/h2-8,21H,1H3. The highest BCUT2D eigenvalue weighted by molar-refractivity contribution is 6.78. The molecule has 0 spiro atoms. The summed E-state index contributed by atoms with van der Waals surface area (Å²) in [4.78, 5) is 0. The molecule has 1 aliphatic rings. The Labute approximate surface area is 169 Å². The molecule has 0 fully saturated rings. The SMILES string of the molecule is COc1ccccc1C=CN1N=C(C(Cl)(Cl)Cl)C=C(C(Cl)(Cl)Cl)N1. The first-order valence-corrected chi connectivity index (χ1v) is 8.70. The maximum Gasteiger partial charge on any atom is 0.234 e. The molecular weight excluding hydrogens is 439 g/mol. The van der Waals surface area contributed by atoms with Crippen molar-refractivity contribution in [1.29, 1.82) is 0 Å². The lowest BCUT2D eigenvalue weighted by Gasteiger charge is -2.29. The quantitative estimate of drug-likeness (QED) is 0.622. The van der Waals surface area contributed by atoms with E-state index in [0.29, 0.717) is 5.75 Å². The van der Waals surface area contributed by atoms with Crippen molar-refractivity contribution in [2.24, 2.45) is 5.10 Å². The van der Waals surface area contributed by atoms with Crippen molar-refractivity contribution in [2.75, 3.05) is 7.11 Å². The molecule has 0 saturated heterocycles. The van der Waals surface area contributed by atoms with Gasteiger partial charge in [0.15, 0.2) is 0 Å². The number of nitrogens with one attached hydrogen (secondary N) is 1. The van der Waals surface area contributed by atoms with Gasteiger partial charge in [0, 0.05) is 11.8 Å². The molecule has 0 aromatic heterocycles. The zero-order chi connectivity index (χ0) is 18.0. The number of para-hydroxylation sites is 1. The zero-order valence-electron chi connectivity index (χ0n) is 12.1. The molecule has 1 aliphatic heterocycles. The third-order valence-corrected chi connectivity index (χ3v) is 4.05. The fourth-order valence-corrected chi connectivity index (χ4v) is 2.34. The Hall–Kier alpha value is -0.490. The molecule has 0 saturated carbocycles. The smallest absolute Gasteiger partial charge is 0.234 e. The first-order valence-electron chi connectivity index (χ1n) is 6.43. The molecule has 1 aromatic carbocycles. The number of hydrazine groups is 1. The summed E-state index contributed by atoms with van der Waals surface area (Å²) in [5.41, 5.74) is 3.91.